The molecule has 6 heteroatoms. The van der Waals surface area contributed by atoms with Crippen LogP contribution in [-0.4, -0.2) is 12.6 Å². The van der Waals surface area contributed by atoms with Crippen molar-refractivity contribution in [1.82, 2.24) is 0 Å². The van der Waals surface area contributed by atoms with E-state index in [-0.39, 0.29) is 5.97 Å². The van der Waals surface area contributed by atoms with Gasteiger partial charge in [-0.3, -0.25) is 0 Å². The molecule has 0 amide bonds. The molecule has 0 bridgehead atoms. The van der Waals surface area contributed by atoms with Crippen LogP contribution in [0.3, 0.4) is 0 Å². The molecule has 0 spiro atoms. The van der Waals surface area contributed by atoms with Gasteiger partial charge in [-0.25, -0.2) is 4.79 Å². The summed E-state index contributed by atoms with van der Waals surface area (Å²) < 4.78 is 9.36. The van der Waals surface area contributed by atoms with E-state index >= 15 is 0 Å². The van der Waals surface area contributed by atoms with Gasteiger partial charge in [0.2, 0.25) is 0 Å². The summed E-state index contributed by atoms with van der Waals surface area (Å²) in [7, 11) is 0. The maximum Gasteiger partial charge on any atom is 0.349 e. The Morgan fingerprint density at radius 1 is 1.60 bits per heavy atom. The maximum absolute atomic E-state index is 11.6. The minimum absolute atomic E-state index is 0.220. The lowest BCUT2D eigenvalue weighted by Gasteiger charge is -1.98. The van der Waals surface area contributed by atoms with Crippen molar-refractivity contribution in [2.75, 3.05) is 6.61 Å². The SMILES string of the molecule is CCOC(=O)c1sc2c(Br)csc2c1I. The number of ether oxygens (including phenoxy) is 1. The third kappa shape index (κ3) is 2.09. The van der Waals surface area contributed by atoms with Gasteiger partial charge in [-0.1, -0.05) is 0 Å². The molecule has 0 atom stereocenters. The van der Waals surface area contributed by atoms with Crippen LogP contribution >= 0.6 is 61.2 Å². The van der Waals surface area contributed by atoms with Crippen LogP contribution in [0.2, 0.25) is 0 Å². The van der Waals surface area contributed by atoms with Crippen LogP contribution in [-0.2, 0) is 4.74 Å². The molecule has 0 aliphatic carbocycles. The van der Waals surface area contributed by atoms with Crippen LogP contribution in [0.5, 0.6) is 0 Å². The zero-order valence-electron chi connectivity index (χ0n) is 7.67. The summed E-state index contributed by atoms with van der Waals surface area (Å²) in [5.74, 6) is -0.220. The van der Waals surface area contributed by atoms with Gasteiger partial charge in [-0.05, 0) is 45.4 Å². The Kier molecular flexibility index (Phi) is 3.69. The van der Waals surface area contributed by atoms with Gasteiger partial charge >= 0.3 is 5.97 Å². The molecule has 0 aromatic carbocycles. The standard InChI is InChI=1S/C9H6BrIO2S2/c1-2-13-9(12)8-5(11)7-6(15-8)4(10)3-14-7/h3H,2H2,1H3. The first-order valence-electron chi connectivity index (χ1n) is 4.17. The van der Waals surface area contributed by atoms with E-state index in [9.17, 15) is 4.79 Å². The Hall–Kier alpha value is 0.340. The van der Waals surface area contributed by atoms with Gasteiger partial charge in [0.05, 0.1) is 19.6 Å². The quantitative estimate of drug-likeness (QED) is 0.531. The molecule has 80 valence electrons. The van der Waals surface area contributed by atoms with Crippen molar-refractivity contribution in [2.24, 2.45) is 0 Å². The monoisotopic (exact) mass is 416 g/mol. The third-order valence-electron chi connectivity index (χ3n) is 1.77. The molecule has 0 fully saturated rings. The zero-order chi connectivity index (χ0) is 11.0. The van der Waals surface area contributed by atoms with E-state index in [1.165, 1.54) is 11.3 Å². The lowest BCUT2D eigenvalue weighted by atomic mass is 10.4. The fraction of sp³-hybridized carbons (Fsp3) is 0.222. The number of rotatable bonds is 2. The zero-order valence-corrected chi connectivity index (χ0v) is 13.0. The first-order chi connectivity index (χ1) is 7.15. The number of esters is 1. The van der Waals surface area contributed by atoms with E-state index in [0.717, 1.165) is 17.4 Å². The number of hydrogen-bond donors (Lipinski definition) is 0. The molecule has 2 aromatic rings. The van der Waals surface area contributed by atoms with Crippen LogP contribution < -0.4 is 0 Å². The molecule has 15 heavy (non-hydrogen) atoms. The van der Waals surface area contributed by atoms with Gasteiger partial charge in [0.1, 0.15) is 4.88 Å². The molecule has 2 nitrogen and oxygen atoms in total. The Morgan fingerprint density at radius 3 is 2.93 bits per heavy atom. The summed E-state index contributed by atoms with van der Waals surface area (Å²) in [5, 5.41) is 2.04. The highest BCUT2D eigenvalue weighted by atomic mass is 127. The maximum atomic E-state index is 11.6. The normalized spacial score (nSPS) is 10.9. The Balaban J connectivity index is 2.53. The number of carbonyl (C=O) groups is 1. The molecule has 2 heterocycles. The van der Waals surface area contributed by atoms with Crippen LogP contribution in [0.15, 0.2) is 9.85 Å². The summed E-state index contributed by atoms with van der Waals surface area (Å²) in [6.45, 7) is 2.23. The van der Waals surface area contributed by atoms with E-state index in [2.05, 4.69) is 38.5 Å². The minimum Gasteiger partial charge on any atom is -0.462 e. The average Bonchev–Trinajstić information content (AvgIpc) is 2.70. The van der Waals surface area contributed by atoms with E-state index in [1.54, 1.807) is 11.3 Å². The Bertz CT molecular complexity index is 517. The van der Waals surface area contributed by atoms with E-state index < -0.39 is 0 Å². The summed E-state index contributed by atoms with van der Waals surface area (Å²) in [6.07, 6.45) is 0. The predicted octanol–water partition coefficient (Wildman–Crippen LogP) is 4.51. The smallest absolute Gasteiger partial charge is 0.349 e. The van der Waals surface area contributed by atoms with Crippen LogP contribution in [0, 0.1) is 3.57 Å². The van der Waals surface area contributed by atoms with Crippen LogP contribution in [0.25, 0.3) is 9.40 Å². The first-order valence-corrected chi connectivity index (χ1v) is 7.74. The minimum atomic E-state index is -0.220. The molecular weight excluding hydrogens is 411 g/mol. The number of fused-ring (bicyclic) bond motifs is 1. The summed E-state index contributed by atoms with van der Waals surface area (Å²) >= 11 is 8.80. The molecule has 2 aromatic heterocycles. The summed E-state index contributed by atoms with van der Waals surface area (Å²) in [4.78, 5) is 12.3. The fourth-order valence-corrected chi connectivity index (χ4v) is 5.45. The summed E-state index contributed by atoms with van der Waals surface area (Å²) in [6, 6.07) is 0. The topological polar surface area (TPSA) is 26.3 Å². The van der Waals surface area contributed by atoms with Crippen molar-refractivity contribution in [1.29, 1.82) is 0 Å². The van der Waals surface area contributed by atoms with Gasteiger partial charge in [0, 0.05) is 9.85 Å². The van der Waals surface area contributed by atoms with Crippen molar-refractivity contribution >= 4 is 76.6 Å². The largest absolute Gasteiger partial charge is 0.462 e. The molecule has 0 radical (unpaired) electrons. The molecular formula is C9H6BrIO2S2. The van der Waals surface area contributed by atoms with Crippen molar-refractivity contribution in [2.45, 2.75) is 6.92 Å². The molecule has 0 N–H and O–H groups in total. The first kappa shape index (κ1) is 11.8. The van der Waals surface area contributed by atoms with Gasteiger partial charge in [-0.2, -0.15) is 0 Å². The molecule has 2 rings (SSSR count). The Morgan fingerprint density at radius 2 is 2.33 bits per heavy atom. The highest BCUT2D eigenvalue weighted by molar-refractivity contribution is 14.1. The van der Waals surface area contributed by atoms with Crippen molar-refractivity contribution in [3.63, 3.8) is 0 Å². The molecule has 0 saturated heterocycles. The van der Waals surface area contributed by atoms with E-state index in [0.29, 0.717) is 11.5 Å². The van der Waals surface area contributed by atoms with E-state index in [4.69, 9.17) is 4.74 Å². The van der Waals surface area contributed by atoms with Gasteiger partial charge in [0.15, 0.2) is 0 Å². The fourth-order valence-electron chi connectivity index (χ4n) is 1.15. The van der Waals surface area contributed by atoms with Crippen LogP contribution in [0.1, 0.15) is 16.6 Å². The second-order valence-electron chi connectivity index (χ2n) is 2.71. The number of carbonyl (C=O) groups excluding carboxylic acids is 1. The van der Waals surface area contributed by atoms with E-state index in [1.807, 2.05) is 12.3 Å². The molecule has 0 saturated carbocycles. The average molecular weight is 417 g/mol. The summed E-state index contributed by atoms with van der Waals surface area (Å²) in [5.41, 5.74) is 0. The van der Waals surface area contributed by atoms with Gasteiger partial charge in [0.25, 0.3) is 0 Å². The van der Waals surface area contributed by atoms with Gasteiger partial charge in [-0.15, -0.1) is 22.7 Å². The third-order valence-corrected chi connectivity index (χ3v) is 7.10. The molecule has 0 aliphatic rings. The second-order valence-corrected chi connectivity index (χ2v) is 6.54. The number of halogens is 2. The highest BCUT2D eigenvalue weighted by Crippen LogP contribution is 2.41. The van der Waals surface area contributed by atoms with Gasteiger partial charge < -0.3 is 4.74 Å². The molecule has 0 unspecified atom stereocenters. The highest BCUT2D eigenvalue weighted by Gasteiger charge is 2.19. The molecule has 0 aliphatic heterocycles. The second kappa shape index (κ2) is 4.68. The van der Waals surface area contributed by atoms with Crippen LogP contribution in [0.4, 0.5) is 0 Å². The Labute approximate surface area is 117 Å². The number of thiophene rings is 2. The lowest BCUT2D eigenvalue weighted by molar-refractivity contribution is 0.0531. The predicted molar refractivity (Wildman–Crippen MR) is 76.1 cm³/mol. The lowest BCUT2D eigenvalue weighted by Crippen LogP contribution is -2.03. The number of hydrogen-bond acceptors (Lipinski definition) is 4. The van der Waals surface area contributed by atoms with Crippen molar-refractivity contribution in [3.8, 4) is 0 Å². The van der Waals surface area contributed by atoms with Crippen molar-refractivity contribution in [3.05, 3.63) is 18.3 Å². The van der Waals surface area contributed by atoms with Crippen molar-refractivity contribution < 1.29 is 9.53 Å².